The Kier molecular flexibility index (Phi) is 4.71. The molecule has 0 aliphatic heterocycles. The summed E-state index contributed by atoms with van der Waals surface area (Å²) < 4.78 is 6.37. The number of carbonyl (C=O) groups is 1. The Morgan fingerprint density at radius 1 is 1.41 bits per heavy atom. The highest BCUT2D eigenvalue weighted by atomic mass is 79.9. The number of nitrogens with zero attached hydrogens (tertiary/aromatic N) is 2. The number of pyridine rings is 1. The Hall–Kier alpha value is -2.48. The van der Waals surface area contributed by atoms with Crippen molar-refractivity contribution < 1.29 is 14.5 Å². The molecular weight excluding hydrogens is 356 g/mol. The predicted molar refractivity (Wildman–Crippen MR) is 81.9 cm³/mol. The largest absolute Gasteiger partial charge is 0.465 e. The van der Waals surface area contributed by atoms with Crippen LogP contribution in [0.1, 0.15) is 15.9 Å². The lowest BCUT2D eigenvalue weighted by molar-refractivity contribution is -0.385. The molecule has 0 amide bonds. The Morgan fingerprint density at radius 2 is 2.09 bits per heavy atom. The van der Waals surface area contributed by atoms with Crippen LogP contribution in [-0.2, 0) is 11.3 Å². The summed E-state index contributed by atoms with van der Waals surface area (Å²) >= 11 is 3.35. The van der Waals surface area contributed by atoms with Crippen LogP contribution in [0.25, 0.3) is 0 Å². The summed E-state index contributed by atoms with van der Waals surface area (Å²) in [6, 6.07) is 8.07. The third kappa shape index (κ3) is 3.22. The molecule has 0 spiro atoms. The van der Waals surface area contributed by atoms with E-state index in [4.69, 9.17) is 0 Å². The van der Waals surface area contributed by atoms with Crippen molar-refractivity contribution in [2.45, 2.75) is 6.54 Å². The molecule has 8 heteroatoms. The third-order valence-electron chi connectivity index (χ3n) is 2.99. The van der Waals surface area contributed by atoms with Crippen LogP contribution in [0, 0.1) is 10.1 Å². The second-order valence-electron chi connectivity index (χ2n) is 4.39. The first kappa shape index (κ1) is 15.9. The number of nitro groups is 1. The number of methoxy groups -OCH3 is 1. The molecule has 0 bridgehead atoms. The minimum absolute atomic E-state index is 0.0892. The fourth-order valence-electron chi connectivity index (χ4n) is 1.90. The average molecular weight is 367 g/mol. The normalized spacial score (nSPS) is 10.3. The SMILES string of the molecule is COC(=O)c1cc([N+](=O)[O-])cn(Cc2ccccc2Br)c1=O. The van der Waals surface area contributed by atoms with Crippen LogP contribution in [0.5, 0.6) is 0 Å². The zero-order chi connectivity index (χ0) is 16.3. The highest BCUT2D eigenvalue weighted by molar-refractivity contribution is 9.10. The molecule has 0 aliphatic carbocycles. The molecule has 7 nitrogen and oxygen atoms in total. The maximum absolute atomic E-state index is 12.3. The standard InChI is InChI=1S/C14H11BrN2O5/c1-22-14(19)11-6-10(17(20)21)8-16(13(11)18)7-9-4-2-3-5-12(9)15/h2-6,8H,7H2,1H3. The summed E-state index contributed by atoms with van der Waals surface area (Å²) in [6.07, 6.45) is 1.11. The van der Waals surface area contributed by atoms with Gasteiger partial charge in [0, 0.05) is 10.5 Å². The highest BCUT2D eigenvalue weighted by Gasteiger charge is 2.20. The molecule has 2 aromatic rings. The van der Waals surface area contributed by atoms with Gasteiger partial charge >= 0.3 is 5.97 Å². The van der Waals surface area contributed by atoms with E-state index in [2.05, 4.69) is 20.7 Å². The van der Waals surface area contributed by atoms with Crippen LogP contribution in [0.2, 0.25) is 0 Å². The fourth-order valence-corrected chi connectivity index (χ4v) is 2.31. The highest BCUT2D eigenvalue weighted by Crippen LogP contribution is 2.18. The summed E-state index contributed by atoms with van der Waals surface area (Å²) in [7, 11) is 1.11. The number of aromatic nitrogens is 1. The summed E-state index contributed by atoms with van der Waals surface area (Å²) in [4.78, 5) is 34.2. The summed E-state index contributed by atoms with van der Waals surface area (Å²) in [6.45, 7) is 0.0892. The second-order valence-corrected chi connectivity index (χ2v) is 5.24. The van der Waals surface area contributed by atoms with E-state index in [0.717, 1.165) is 34.0 Å². The Balaban J connectivity index is 2.57. The van der Waals surface area contributed by atoms with Gasteiger partial charge in [0.2, 0.25) is 0 Å². The lowest BCUT2D eigenvalue weighted by atomic mass is 10.2. The van der Waals surface area contributed by atoms with Crippen LogP contribution in [-0.4, -0.2) is 22.6 Å². The minimum atomic E-state index is -0.908. The number of halogens is 1. The van der Waals surface area contributed by atoms with Gasteiger partial charge in [-0.05, 0) is 11.6 Å². The molecule has 0 N–H and O–H groups in total. The van der Waals surface area contributed by atoms with Crippen molar-refractivity contribution >= 4 is 27.6 Å². The van der Waals surface area contributed by atoms with Gasteiger partial charge in [-0.15, -0.1) is 0 Å². The van der Waals surface area contributed by atoms with E-state index >= 15 is 0 Å². The topological polar surface area (TPSA) is 91.4 Å². The van der Waals surface area contributed by atoms with Crippen LogP contribution in [0.4, 0.5) is 5.69 Å². The summed E-state index contributed by atoms with van der Waals surface area (Å²) in [5.74, 6) is -0.908. The van der Waals surface area contributed by atoms with Crippen LogP contribution in [0.15, 0.2) is 45.8 Å². The first-order chi connectivity index (χ1) is 10.4. The summed E-state index contributed by atoms with van der Waals surface area (Å²) in [5.41, 5.74) is -0.620. The van der Waals surface area contributed by atoms with Gasteiger partial charge in [-0.25, -0.2) is 4.79 Å². The Morgan fingerprint density at radius 3 is 2.68 bits per heavy atom. The van der Waals surface area contributed by atoms with Crippen molar-refractivity contribution in [2.75, 3.05) is 7.11 Å². The lowest BCUT2D eigenvalue weighted by Crippen LogP contribution is -2.27. The zero-order valence-corrected chi connectivity index (χ0v) is 13.1. The molecule has 1 heterocycles. The second kappa shape index (κ2) is 6.52. The van der Waals surface area contributed by atoms with Crippen molar-refractivity contribution in [2.24, 2.45) is 0 Å². The first-order valence-corrected chi connectivity index (χ1v) is 6.94. The number of esters is 1. The molecule has 1 aromatic heterocycles. The van der Waals surface area contributed by atoms with Crippen molar-refractivity contribution in [1.82, 2.24) is 4.57 Å². The Labute approximate surface area is 133 Å². The molecule has 114 valence electrons. The maximum Gasteiger partial charge on any atom is 0.343 e. The van der Waals surface area contributed by atoms with E-state index < -0.39 is 16.5 Å². The molecule has 0 radical (unpaired) electrons. The van der Waals surface area contributed by atoms with E-state index in [9.17, 15) is 19.7 Å². The monoisotopic (exact) mass is 366 g/mol. The van der Waals surface area contributed by atoms with Gasteiger partial charge in [0.1, 0.15) is 5.56 Å². The predicted octanol–water partition coefficient (Wildman–Crippen LogP) is 2.35. The lowest BCUT2D eigenvalue weighted by Gasteiger charge is -2.09. The molecule has 0 atom stereocenters. The van der Waals surface area contributed by atoms with Crippen LogP contribution < -0.4 is 5.56 Å². The Bertz CT molecular complexity index is 800. The van der Waals surface area contributed by atoms with Gasteiger partial charge in [-0.2, -0.15) is 0 Å². The van der Waals surface area contributed by atoms with Crippen LogP contribution in [0.3, 0.4) is 0 Å². The van der Waals surface area contributed by atoms with Gasteiger partial charge in [-0.1, -0.05) is 34.1 Å². The molecule has 0 unspecified atom stereocenters. The molecule has 0 saturated heterocycles. The molecular formula is C14H11BrN2O5. The molecule has 0 aliphatic rings. The maximum atomic E-state index is 12.3. The number of hydrogen-bond acceptors (Lipinski definition) is 5. The van der Waals surface area contributed by atoms with E-state index in [1.807, 2.05) is 6.07 Å². The molecule has 2 rings (SSSR count). The quantitative estimate of drug-likeness (QED) is 0.470. The number of carbonyl (C=O) groups excluding carboxylic acids is 1. The third-order valence-corrected chi connectivity index (χ3v) is 3.76. The van der Waals surface area contributed by atoms with E-state index in [1.165, 1.54) is 0 Å². The minimum Gasteiger partial charge on any atom is -0.465 e. The fraction of sp³-hybridized carbons (Fsp3) is 0.143. The number of hydrogen-bond donors (Lipinski definition) is 0. The van der Waals surface area contributed by atoms with Crippen molar-refractivity contribution in [3.05, 3.63) is 72.6 Å². The van der Waals surface area contributed by atoms with Gasteiger partial charge in [0.15, 0.2) is 0 Å². The van der Waals surface area contributed by atoms with Gasteiger partial charge in [0.05, 0.1) is 24.8 Å². The van der Waals surface area contributed by atoms with Crippen molar-refractivity contribution in [3.63, 3.8) is 0 Å². The molecule has 22 heavy (non-hydrogen) atoms. The van der Waals surface area contributed by atoms with Crippen molar-refractivity contribution in [3.8, 4) is 0 Å². The zero-order valence-electron chi connectivity index (χ0n) is 11.5. The van der Waals surface area contributed by atoms with E-state index in [-0.39, 0.29) is 17.8 Å². The van der Waals surface area contributed by atoms with Crippen molar-refractivity contribution in [1.29, 1.82) is 0 Å². The van der Waals surface area contributed by atoms with Crippen LogP contribution >= 0.6 is 15.9 Å². The molecule has 0 saturated carbocycles. The van der Waals surface area contributed by atoms with E-state index in [0.29, 0.717) is 0 Å². The molecule has 0 fully saturated rings. The van der Waals surface area contributed by atoms with E-state index in [1.54, 1.807) is 18.2 Å². The average Bonchev–Trinajstić information content (AvgIpc) is 2.50. The number of ether oxygens (including phenoxy) is 1. The molecule has 1 aromatic carbocycles. The summed E-state index contributed by atoms with van der Waals surface area (Å²) in [5, 5.41) is 11.0. The first-order valence-electron chi connectivity index (χ1n) is 6.14. The van der Waals surface area contributed by atoms with Gasteiger partial charge < -0.3 is 9.30 Å². The van der Waals surface area contributed by atoms with Gasteiger partial charge in [0.25, 0.3) is 11.2 Å². The van der Waals surface area contributed by atoms with Gasteiger partial charge in [-0.3, -0.25) is 14.9 Å². The number of benzene rings is 1. The smallest absolute Gasteiger partial charge is 0.343 e. The number of rotatable bonds is 4.